The minimum atomic E-state index is -0.442. The summed E-state index contributed by atoms with van der Waals surface area (Å²) in [5.41, 5.74) is 3.05. The van der Waals surface area contributed by atoms with Gasteiger partial charge >= 0.3 is 5.69 Å². The monoisotopic (exact) mass is 353 g/mol. The highest BCUT2D eigenvalue weighted by Gasteiger charge is 2.23. The highest BCUT2D eigenvalue weighted by molar-refractivity contribution is 5.74. The summed E-state index contributed by atoms with van der Waals surface area (Å²) in [6.07, 6.45) is 9.23. The summed E-state index contributed by atoms with van der Waals surface area (Å²) in [7, 11) is 0. The molecule has 26 heavy (non-hydrogen) atoms. The summed E-state index contributed by atoms with van der Waals surface area (Å²) in [4.78, 5) is 19.3. The summed E-state index contributed by atoms with van der Waals surface area (Å²) < 4.78 is 0. The van der Waals surface area contributed by atoms with E-state index in [1.54, 1.807) is 0 Å². The molecule has 2 N–H and O–H groups in total. The molecule has 7 nitrogen and oxygen atoms in total. The molecular weight excluding hydrogens is 330 g/mol. The van der Waals surface area contributed by atoms with Gasteiger partial charge in [0.2, 0.25) is 11.6 Å². The van der Waals surface area contributed by atoms with Crippen LogP contribution in [-0.4, -0.2) is 21.4 Å². The number of hydrogen-bond donors (Lipinski definition) is 2. The lowest BCUT2D eigenvalue weighted by molar-refractivity contribution is -0.383. The van der Waals surface area contributed by atoms with Crippen LogP contribution < -0.4 is 10.6 Å². The van der Waals surface area contributed by atoms with Gasteiger partial charge in [0.05, 0.1) is 4.92 Å². The molecule has 1 aromatic heterocycles. The smallest absolute Gasteiger partial charge is 0.353 e. The SMILES string of the molecule is Cc1ccccc1Nc1ncnc(NCCC2=CCCCC2)c1[N+](=O)[O-]. The van der Waals surface area contributed by atoms with Gasteiger partial charge in [-0.1, -0.05) is 29.8 Å². The Morgan fingerprint density at radius 2 is 2.00 bits per heavy atom. The number of nitro groups is 1. The zero-order chi connectivity index (χ0) is 18.4. The van der Waals surface area contributed by atoms with Crippen molar-refractivity contribution in [3.8, 4) is 0 Å². The fourth-order valence-electron chi connectivity index (χ4n) is 3.09. The topological polar surface area (TPSA) is 93.0 Å². The van der Waals surface area contributed by atoms with Gasteiger partial charge in [-0.05, 0) is 50.7 Å². The Hall–Kier alpha value is -2.96. The molecular formula is C19H23N5O2. The third kappa shape index (κ3) is 4.36. The molecule has 1 aromatic carbocycles. The van der Waals surface area contributed by atoms with Crippen LogP contribution in [0.5, 0.6) is 0 Å². The maximum absolute atomic E-state index is 11.6. The Bertz CT molecular complexity index is 819. The van der Waals surface area contributed by atoms with E-state index in [4.69, 9.17) is 0 Å². The van der Waals surface area contributed by atoms with Gasteiger partial charge in [0.15, 0.2) is 0 Å². The molecule has 0 saturated heterocycles. The van der Waals surface area contributed by atoms with E-state index in [1.807, 2.05) is 31.2 Å². The van der Waals surface area contributed by atoms with Gasteiger partial charge in [-0.2, -0.15) is 0 Å². The maximum atomic E-state index is 11.6. The Kier molecular flexibility index (Phi) is 5.78. The van der Waals surface area contributed by atoms with Crippen molar-refractivity contribution in [3.63, 3.8) is 0 Å². The summed E-state index contributed by atoms with van der Waals surface area (Å²) in [5.74, 6) is 0.441. The van der Waals surface area contributed by atoms with Crippen LogP contribution in [0.1, 0.15) is 37.7 Å². The highest BCUT2D eigenvalue weighted by Crippen LogP contribution is 2.32. The van der Waals surface area contributed by atoms with Crippen molar-refractivity contribution in [1.29, 1.82) is 0 Å². The second-order valence-electron chi connectivity index (χ2n) is 6.40. The standard InChI is InChI=1S/C19H23N5O2/c1-14-7-5-6-10-16(14)23-19-17(24(25)26)18(21-13-22-19)20-12-11-15-8-3-2-4-9-15/h5-8,10,13H,2-4,9,11-12H2,1H3,(H2,20,21,22,23). The number of anilines is 3. The van der Waals surface area contributed by atoms with E-state index in [-0.39, 0.29) is 17.3 Å². The van der Waals surface area contributed by atoms with Gasteiger partial charge in [0.25, 0.3) is 0 Å². The Morgan fingerprint density at radius 1 is 1.19 bits per heavy atom. The van der Waals surface area contributed by atoms with E-state index >= 15 is 0 Å². The van der Waals surface area contributed by atoms with Crippen molar-refractivity contribution in [1.82, 2.24) is 9.97 Å². The molecule has 0 fully saturated rings. The number of hydrogen-bond acceptors (Lipinski definition) is 6. The zero-order valence-electron chi connectivity index (χ0n) is 14.9. The molecule has 7 heteroatoms. The molecule has 1 aliphatic carbocycles. The van der Waals surface area contributed by atoms with Crippen molar-refractivity contribution in [2.45, 2.75) is 39.0 Å². The molecule has 0 saturated carbocycles. The molecule has 1 heterocycles. The van der Waals surface area contributed by atoms with E-state index in [1.165, 1.54) is 24.7 Å². The minimum Gasteiger partial charge on any atom is -0.364 e. The third-order valence-electron chi connectivity index (χ3n) is 4.53. The number of aryl methyl sites for hydroxylation is 1. The largest absolute Gasteiger partial charge is 0.364 e. The van der Waals surface area contributed by atoms with Crippen LogP contribution in [0, 0.1) is 17.0 Å². The molecule has 0 radical (unpaired) electrons. The van der Waals surface area contributed by atoms with Crippen molar-refractivity contribution in [2.75, 3.05) is 17.2 Å². The Balaban J connectivity index is 1.76. The summed E-state index contributed by atoms with van der Waals surface area (Å²) in [5, 5.41) is 17.8. The third-order valence-corrected chi connectivity index (χ3v) is 4.53. The number of nitrogens with zero attached hydrogens (tertiary/aromatic N) is 3. The van der Waals surface area contributed by atoms with Crippen LogP contribution in [0.2, 0.25) is 0 Å². The van der Waals surface area contributed by atoms with Gasteiger partial charge in [-0.3, -0.25) is 10.1 Å². The van der Waals surface area contributed by atoms with Crippen LogP contribution in [0.3, 0.4) is 0 Å². The average molecular weight is 353 g/mol. The number of rotatable bonds is 7. The average Bonchev–Trinajstić information content (AvgIpc) is 2.64. The van der Waals surface area contributed by atoms with Crippen LogP contribution >= 0.6 is 0 Å². The molecule has 136 valence electrons. The lowest BCUT2D eigenvalue weighted by Crippen LogP contribution is -2.10. The Labute approximate surface area is 152 Å². The van der Waals surface area contributed by atoms with Crippen LogP contribution in [-0.2, 0) is 0 Å². The van der Waals surface area contributed by atoms with Gasteiger partial charge in [0.1, 0.15) is 6.33 Å². The first-order chi connectivity index (χ1) is 12.6. The molecule has 0 spiro atoms. The minimum absolute atomic E-state index is 0.131. The molecule has 0 bridgehead atoms. The predicted octanol–water partition coefficient (Wildman–Crippen LogP) is 4.74. The quantitative estimate of drug-likeness (QED) is 0.424. The number of aromatic nitrogens is 2. The van der Waals surface area contributed by atoms with E-state index in [0.717, 1.165) is 30.5 Å². The van der Waals surface area contributed by atoms with Crippen LogP contribution in [0.25, 0.3) is 0 Å². The Morgan fingerprint density at radius 3 is 2.73 bits per heavy atom. The summed E-state index contributed by atoms with van der Waals surface area (Å²) in [6.45, 7) is 2.56. The molecule has 0 atom stereocenters. The second kappa shape index (κ2) is 8.42. The second-order valence-corrected chi connectivity index (χ2v) is 6.40. The normalized spacial score (nSPS) is 13.8. The van der Waals surface area contributed by atoms with Crippen molar-refractivity contribution < 1.29 is 4.92 Å². The fraction of sp³-hybridized carbons (Fsp3) is 0.368. The number of nitrogens with one attached hydrogen (secondary N) is 2. The van der Waals surface area contributed by atoms with Gasteiger partial charge in [-0.15, -0.1) is 0 Å². The van der Waals surface area contributed by atoms with E-state index in [2.05, 4.69) is 26.7 Å². The maximum Gasteiger partial charge on any atom is 0.353 e. The van der Waals surface area contributed by atoms with Crippen molar-refractivity contribution in [2.24, 2.45) is 0 Å². The fourth-order valence-corrected chi connectivity index (χ4v) is 3.09. The molecule has 0 aliphatic heterocycles. The van der Waals surface area contributed by atoms with E-state index < -0.39 is 4.92 Å². The summed E-state index contributed by atoms with van der Waals surface area (Å²) in [6, 6.07) is 7.59. The lowest BCUT2D eigenvalue weighted by atomic mass is 9.97. The van der Waals surface area contributed by atoms with Crippen LogP contribution in [0.4, 0.5) is 23.0 Å². The first kappa shape index (κ1) is 17.8. The number of para-hydroxylation sites is 1. The molecule has 3 rings (SSSR count). The van der Waals surface area contributed by atoms with Crippen LogP contribution in [0.15, 0.2) is 42.2 Å². The number of benzene rings is 1. The predicted molar refractivity (Wildman–Crippen MR) is 103 cm³/mol. The van der Waals surface area contributed by atoms with E-state index in [0.29, 0.717) is 6.54 Å². The van der Waals surface area contributed by atoms with Gasteiger partial charge in [-0.25, -0.2) is 9.97 Å². The molecule has 1 aliphatic rings. The van der Waals surface area contributed by atoms with Crippen molar-refractivity contribution >= 4 is 23.0 Å². The first-order valence-electron chi connectivity index (χ1n) is 8.89. The first-order valence-corrected chi connectivity index (χ1v) is 8.89. The number of allylic oxidation sites excluding steroid dienone is 1. The molecule has 2 aromatic rings. The highest BCUT2D eigenvalue weighted by atomic mass is 16.6. The van der Waals surface area contributed by atoms with Crippen molar-refractivity contribution in [3.05, 3.63) is 57.9 Å². The summed E-state index contributed by atoms with van der Waals surface area (Å²) >= 11 is 0. The van der Waals surface area contributed by atoms with E-state index in [9.17, 15) is 10.1 Å². The van der Waals surface area contributed by atoms with Gasteiger partial charge in [0, 0.05) is 12.2 Å². The molecule has 0 unspecified atom stereocenters. The van der Waals surface area contributed by atoms with Gasteiger partial charge < -0.3 is 10.6 Å². The molecule has 0 amide bonds. The zero-order valence-corrected chi connectivity index (χ0v) is 14.9. The lowest BCUT2D eigenvalue weighted by Gasteiger charge is -2.14.